The molecule has 0 aliphatic rings. The minimum absolute atomic E-state index is 0.0640. The van der Waals surface area contributed by atoms with Gasteiger partial charge in [-0.25, -0.2) is 0 Å². The number of benzene rings is 1. The molecule has 0 bridgehead atoms. The summed E-state index contributed by atoms with van der Waals surface area (Å²) in [5.41, 5.74) is 0.678. The Morgan fingerprint density at radius 2 is 2.16 bits per heavy atom. The van der Waals surface area contributed by atoms with Crippen molar-refractivity contribution in [2.24, 2.45) is 0 Å². The molecule has 2 rings (SSSR count). The number of aromatic nitrogens is 1. The molecule has 1 N–H and O–H groups in total. The number of aliphatic hydroxyl groups is 1. The number of carbonyl (C=O) groups is 1. The Hall–Kier alpha value is -2.34. The van der Waals surface area contributed by atoms with Crippen molar-refractivity contribution in [3.05, 3.63) is 42.2 Å². The Labute approximate surface area is 110 Å². The van der Waals surface area contributed by atoms with Crippen LogP contribution in [-0.4, -0.2) is 36.4 Å². The van der Waals surface area contributed by atoms with E-state index in [2.05, 4.69) is 5.16 Å². The third-order valence-corrected chi connectivity index (χ3v) is 2.55. The fourth-order valence-corrected chi connectivity index (χ4v) is 1.64. The Morgan fingerprint density at radius 1 is 1.42 bits per heavy atom. The zero-order chi connectivity index (χ0) is 13.7. The number of methoxy groups -OCH3 is 1. The van der Waals surface area contributed by atoms with Crippen LogP contribution in [0, 0.1) is 0 Å². The maximum absolute atomic E-state index is 12.3. The number of carbonyl (C=O) groups excluding carboxylic acids is 1. The van der Waals surface area contributed by atoms with Gasteiger partial charge in [-0.2, -0.15) is 0 Å². The van der Waals surface area contributed by atoms with Crippen LogP contribution in [-0.2, 0) is 0 Å². The first-order chi connectivity index (χ1) is 9.26. The Bertz CT molecular complexity index is 539. The molecule has 1 heterocycles. The standard InChI is InChI=1S/C13H14N2O4/c1-18-12-9-11(19-14-12)13(17)15(7-8-16)10-5-3-2-4-6-10/h2-6,9,16H,7-8H2,1H3. The molecular weight excluding hydrogens is 248 g/mol. The largest absolute Gasteiger partial charge is 0.479 e. The van der Waals surface area contributed by atoms with Gasteiger partial charge in [0.15, 0.2) is 0 Å². The van der Waals surface area contributed by atoms with Crippen molar-refractivity contribution in [1.82, 2.24) is 5.16 Å². The van der Waals surface area contributed by atoms with E-state index in [0.29, 0.717) is 5.69 Å². The first-order valence-corrected chi connectivity index (χ1v) is 5.74. The molecule has 1 aromatic carbocycles. The monoisotopic (exact) mass is 262 g/mol. The Balaban J connectivity index is 2.26. The molecule has 1 amide bonds. The van der Waals surface area contributed by atoms with Crippen LogP contribution in [0.15, 0.2) is 40.9 Å². The number of hydrogen-bond acceptors (Lipinski definition) is 5. The fourth-order valence-electron chi connectivity index (χ4n) is 1.64. The minimum Gasteiger partial charge on any atom is -0.479 e. The van der Waals surface area contributed by atoms with E-state index in [4.69, 9.17) is 14.4 Å². The molecule has 2 aromatic rings. The van der Waals surface area contributed by atoms with Crippen LogP contribution in [0.4, 0.5) is 5.69 Å². The Kier molecular flexibility index (Phi) is 4.15. The molecule has 0 unspecified atom stereocenters. The number of rotatable bonds is 5. The van der Waals surface area contributed by atoms with E-state index in [1.54, 1.807) is 12.1 Å². The van der Waals surface area contributed by atoms with E-state index in [9.17, 15) is 4.79 Å². The highest BCUT2D eigenvalue weighted by Gasteiger charge is 2.21. The summed E-state index contributed by atoms with van der Waals surface area (Å²) in [6, 6.07) is 10.4. The molecule has 0 atom stereocenters. The molecule has 0 saturated heterocycles. The van der Waals surface area contributed by atoms with Crippen molar-refractivity contribution in [3.63, 3.8) is 0 Å². The van der Waals surface area contributed by atoms with Gasteiger partial charge in [-0.05, 0) is 17.3 Å². The van der Waals surface area contributed by atoms with Crippen molar-refractivity contribution in [3.8, 4) is 5.88 Å². The van der Waals surface area contributed by atoms with Crippen molar-refractivity contribution in [2.45, 2.75) is 0 Å². The lowest BCUT2D eigenvalue weighted by atomic mass is 10.2. The molecule has 0 fully saturated rings. The van der Waals surface area contributed by atoms with Gasteiger partial charge in [0.2, 0.25) is 5.76 Å². The topological polar surface area (TPSA) is 75.8 Å². The number of ether oxygens (including phenoxy) is 1. The summed E-state index contributed by atoms with van der Waals surface area (Å²) in [6.07, 6.45) is 0. The number of amides is 1. The summed E-state index contributed by atoms with van der Waals surface area (Å²) < 4.78 is 9.78. The van der Waals surface area contributed by atoms with Crippen molar-refractivity contribution >= 4 is 11.6 Å². The predicted octanol–water partition coefficient (Wildman–Crippen LogP) is 1.32. The number of anilines is 1. The highest BCUT2D eigenvalue weighted by atomic mass is 16.5. The molecule has 0 saturated carbocycles. The average Bonchev–Trinajstić information content (AvgIpc) is 2.94. The summed E-state index contributed by atoms with van der Waals surface area (Å²) in [7, 11) is 1.44. The number of aliphatic hydroxyl groups excluding tert-OH is 1. The number of hydrogen-bond donors (Lipinski definition) is 1. The van der Waals surface area contributed by atoms with Gasteiger partial charge in [0.25, 0.3) is 11.8 Å². The van der Waals surface area contributed by atoms with Crippen LogP contribution in [0.2, 0.25) is 0 Å². The predicted molar refractivity (Wildman–Crippen MR) is 68.3 cm³/mol. The van der Waals surface area contributed by atoms with Gasteiger partial charge >= 0.3 is 0 Å². The van der Waals surface area contributed by atoms with Gasteiger partial charge in [0.1, 0.15) is 0 Å². The normalized spacial score (nSPS) is 10.2. The lowest BCUT2D eigenvalue weighted by molar-refractivity contribution is 0.0945. The van der Waals surface area contributed by atoms with E-state index >= 15 is 0 Å². The van der Waals surface area contributed by atoms with E-state index in [1.165, 1.54) is 18.1 Å². The summed E-state index contributed by atoms with van der Waals surface area (Å²) in [5, 5.41) is 12.7. The molecular formula is C13H14N2O4. The summed E-state index contributed by atoms with van der Waals surface area (Å²) in [5.74, 6) is -0.0782. The molecule has 6 nitrogen and oxygen atoms in total. The van der Waals surface area contributed by atoms with E-state index in [-0.39, 0.29) is 30.7 Å². The molecule has 6 heteroatoms. The van der Waals surface area contributed by atoms with Gasteiger partial charge < -0.3 is 19.3 Å². The number of para-hydroxylation sites is 1. The van der Waals surface area contributed by atoms with Gasteiger partial charge in [-0.1, -0.05) is 18.2 Å². The van der Waals surface area contributed by atoms with Crippen molar-refractivity contribution in [2.75, 3.05) is 25.2 Å². The highest BCUT2D eigenvalue weighted by Crippen LogP contribution is 2.18. The first-order valence-electron chi connectivity index (χ1n) is 5.74. The maximum Gasteiger partial charge on any atom is 0.297 e. The highest BCUT2D eigenvalue weighted by molar-refractivity contribution is 6.04. The zero-order valence-corrected chi connectivity index (χ0v) is 10.4. The lowest BCUT2D eigenvalue weighted by Gasteiger charge is -2.20. The molecule has 0 radical (unpaired) electrons. The molecule has 1 aromatic heterocycles. The van der Waals surface area contributed by atoms with Crippen LogP contribution in [0.25, 0.3) is 0 Å². The fraction of sp³-hybridized carbons (Fsp3) is 0.231. The minimum atomic E-state index is -0.379. The summed E-state index contributed by atoms with van der Waals surface area (Å²) in [6.45, 7) is 0.0256. The third-order valence-electron chi connectivity index (χ3n) is 2.55. The Morgan fingerprint density at radius 3 is 2.74 bits per heavy atom. The second kappa shape index (κ2) is 6.01. The van der Waals surface area contributed by atoms with Gasteiger partial charge in [-0.3, -0.25) is 4.79 Å². The molecule has 0 spiro atoms. The SMILES string of the molecule is COc1cc(C(=O)N(CCO)c2ccccc2)on1. The van der Waals surface area contributed by atoms with E-state index < -0.39 is 0 Å². The van der Waals surface area contributed by atoms with Crippen LogP contribution in [0.1, 0.15) is 10.6 Å². The zero-order valence-electron chi connectivity index (χ0n) is 10.4. The first kappa shape index (κ1) is 13.1. The smallest absolute Gasteiger partial charge is 0.297 e. The van der Waals surface area contributed by atoms with E-state index in [1.807, 2.05) is 18.2 Å². The molecule has 19 heavy (non-hydrogen) atoms. The van der Waals surface area contributed by atoms with Crippen molar-refractivity contribution < 1.29 is 19.2 Å². The van der Waals surface area contributed by atoms with Crippen LogP contribution in [0.3, 0.4) is 0 Å². The maximum atomic E-state index is 12.3. The quantitative estimate of drug-likeness (QED) is 0.879. The third kappa shape index (κ3) is 2.92. The van der Waals surface area contributed by atoms with Gasteiger partial charge in [-0.15, -0.1) is 0 Å². The van der Waals surface area contributed by atoms with Crippen molar-refractivity contribution in [1.29, 1.82) is 0 Å². The average molecular weight is 262 g/mol. The van der Waals surface area contributed by atoms with Crippen LogP contribution < -0.4 is 9.64 Å². The number of nitrogens with zero attached hydrogens (tertiary/aromatic N) is 2. The second-order valence-electron chi connectivity index (χ2n) is 3.75. The second-order valence-corrected chi connectivity index (χ2v) is 3.75. The summed E-state index contributed by atoms with van der Waals surface area (Å²) in [4.78, 5) is 13.7. The van der Waals surface area contributed by atoms with E-state index in [0.717, 1.165) is 0 Å². The molecule has 0 aliphatic carbocycles. The van der Waals surface area contributed by atoms with Crippen LogP contribution in [0.5, 0.6) is 5.88 Å². The summed E-state index contributed by atoms with van der Waals surface area (Å²) >= 11 is 0. The van der Waals surface area contributed by atoms with Gasteiger partial charge in [0, 0.05) is 12.2 Å². The van der Waals surface area contributed by atoms with Gasteiger partial charge in [0.05, 0.1) is 19.8 Å². The molecule has 100 valence electrons. The lowest BCUT2D eigenvalue weighted by Crippen LogP contribution is -2.33. The molecule has 0 aliphatic heterocycles. The van der Waals surface area contributed by atoms with Crippen LogP contribution >= 0.6 is 0 Å².